The van der Waals surface area contributed by atoms with Crippen molar-refractivity contribution < 1.29 is 18.0 Å². The summed E-state index contributed by atoms with van der Waals surface area (Å²) in [6.45, 7) is 1.74. The van der Waals surface area contributed by atoms with Gasteiger partial charge in [-0.2, -0.15) is 13.2 Å². The number of nitrogens with one attached hydrogen (secondary N) is 1. The number of carbonyl (C=O) groups excluding carboxylic acids is 1. The third-order valence-corrected chi connectivity index (χ3v) is 4.58. The molecule has 0 aromatic heterocycles. The summed E-state index contributed by atoms with van der Waals surface area (Å²) >= 11 is 0. The second kappa shape index (κ2) is 5.91. The van der Waals surface area contributed by atoms with Gasteiger partial charge in [-0.25, -0.2) is 0 Å². The molecule has 1 aromatic carbocycles. The van der Waals surface area contributed by atoms with Crippen LogP contribution >= 0.6 is 0 Å². The lowest BCUT2D eigenvalue weighted by atomic mass is 10.1. The van der Waals surface area contributed by atoms with Crippen LogP contribution in [0.2, 0.25) is 0 Å². The molecule has 1 N–H and O–H groups in total. The average Bonchev–Trinajstić information content (AvgIpc) is 2.71. The van der Waals surface area contributed by atoms with E-state index in [2.05, 4.69) is 5.32 Å². The van der Waals surface area contributed by atoms with E-state index in [0.717, 1.165) is 44.5 Å². The van der Waals surface area contributed by atoms with Gasteiger partial charge in [0.05, 0.1) is 12.0 Å². The number of benzene rings is 1. The summed E-state index contributed by atoms with van der Waals surface area (Å²) in [5, 5.41) is 3.33. The van der Waals surface area contributed by atoms with E-state index >= 15 is 0 Å². The van der Waals surface area contributed by atoms with E-state index in [4.69, 9.17) is 0 Å². The number of rotatable bonds is 2. The number of hydrogen-bond donors (Lipinski definition) is 1. The van der Waals surface area contributed by atoms with Crippen molar-refractivity contribution in [1.82, 2.24) is 10.2 Å². The molecule has 6 heteroatoms. The first-order chi connectivity index (χ1) is 10.4. The number of amides is 1. The molecule has 22 heavy (non-hydrogen) atoms. The summed E-state index contributed by atoms with van der Waals surface area (Å²) in [4.78, 5) is 14.5. The molecule has 2 saturated heterocycles. The Morgan fingerprint density at radius 3 is 2.50 bits per heavy atom. The molecule has 0 spiro atoms. The summed E-state index contributed by atoms with van der Waals surface area (Å²) in [6.07, 6.45) is -1.17. The largest absolute Gasteiger partial charge is 0.416 e. The van der Waals surface area contributed by atoms with Gasteiger partial charge in [0, 0.05) is 18.6 Å². The molecule has 1 amide bonds. The molecule has 2 aliphatic heterocycles. The van der Waals surface area contributed by atoms with Crippen LogP contribution in [0.15, 0.2) is 24.3 Å². The Balaban J connectivity index is 1.69. The highest BCUT2D eigenvalue weighted by Gasteiger charge is 2.37. The lowest BCUT2D eigenvalue weighted by Gasteiger charge is -2.28. The monoisotopic (exact) mass is 312 g/mol. The summed E-state index contributed by atoms with van der Waals surface area (Å²) in [6, 6.07) is 5.40. The lowest BCUT2D eigenvalue weighted by Crippen LogP contribution is -2.43. The minimum Gasteiger partial charge on any atom is -0.335 e. The maximum absolute atomic E-state index is 12.5. The molecular weight excluding hydrogens is 293 g/mol. The molecule has 120 valence electrons. The second-order valence-corrected chi connectivity index (χ2v) is 6.05. The van der Waals surface area contributed by atoms with E-state index in [1.807, 2.05) is 4.90 Å². The van der Waals surface area contributed by atoms with Crippen LogP contribution in [0.25, 0.3) is 0 Å². The molecule has 1 aromatic rings. The van der Waals surface area contributed by atoms with Crippen molar-refractivity contribution in [3.05, 3.63) is 35.4 Å². The Labute approximate surface area is 127 Å². The van der Waals surface area contributed by atoms with Crippen LogP contribution < -0.4 is 5.32 Å². The van der Waals surface area contributed by atoms with Gasteiger partial charge in [-0.05, 0) is 43.5 Å². The Morgan fingerprint density at radius 1 is 1.14 bits per heavy atom. The highest BCUT2D eigenvalue weighted by atomic mass is 19.4. The first-order valence-electron chi connectivity index (χ1n) is 7.63. The van der Waals surface area contributed by atoms with E-state index in [1.165, 1.54) is 12.1 Å². The van der Waals surface area contributed by atoms with E-state index in [0.29, 0.717) is 5.56 Å². The van der Waals surface area contributed by atoms with Gasteiger partial charge < -0.3 is 10.2 Å². The molecule has 3 rings (SSSR count). The fraction of sp³-hybridized carbons (Fsp3) is 0.562. The Kier molecular flexibility index (Phi) is 4.12. The highest BCUT2D eigenvalue weighted by Crippen LogP contribution is 2.30. The SMILES string of the molecule is O=C(Cc1ccc(C(F)(F)F)cc1)N1C2CCNCC1CC2. The maximum atomic E-state index is 12.5. The molecule has 2 fully saturated rings. The molecule has 0 saturated carbocycles. The van der Waals surface area contributed by atoms with Crippen molar-refractivity contribution in [3.63, 3.8) is 0 Å². The zero-order valence-electron chi connectivity index (χ0n) is 12.2. The molecule has 0 radical (unpaired) electrons. The Morgan fingerprint density at radius 2 is 1.82 bits per heavy atom. The van der Waals surface area contributed by atoms with E-state index in [1.54, 1.807) is 0 Å². The minimum atomic E-state index is -4.34. The number of fused-ring (bicyclic) bond motifs is 2. The van der Waals surface area contributed by atoms with Gasteiger partial charge in [-0.3, -0.25) is 4.79 Å². The number of alkyl halides is 3. The van der Waals surface area contributed by atoms with Crippen LogP contribution in [-0.4, -0.2) is 36.0 Å². The molecule has 2 heterocycles. The van der Waals surface area contributed by atoms with Gasteiger partial charge in [0.15, 0.2) is 0 Å². The fourth-order valence-electron chi connectivity index (χ4n) is 3.47. The van der Waals surface area contributed by atoms with E-state index in [-0.39, 0.29) is 24.4 Å². The van der Waals surface area contributed by atoms with Crippen LogP contribution in [0.5, 0.6) is 0 Å². The minimum absolute atomic E-state index is 0.0240. The van der Waals surface area contributed by atoms with Gasteiger partial charge >= 0.3 is 6.18 Å². The predicted octanol–water partition coefficient (Wildman–Crippen LogP) is 2.60. The first-order valence-corrected chi connectivity index (χ1v) is 7.63. The molecule has 2 unspecified atom stereocenters. The van der Waals surface area contributed by atoms with Crippen LogP contribution in [0.1, 0.15) is 30.4 Å². The normalized spacial score (nSPS) is 25.1. The number of halogens is 3. The van der Waals surface area contributed by atoms with Crippen molar-refractivity contribution in [2.75, 3.05) is 13.1 Å². The zero-order valence-corrected chi connectivity index (χ0v) is 12.2. The summed E-state index contributed by atoms with van der Waals surface area (Å²) < 4.78 is 37.6. The smallest absolute Gasteiger partial charge is 0.335 e. The number of nitrogens with zero attached hydrogens (tertiary/aromatic N) is 1. The van der Waals surface area contributed by atoms with Gasteiger partial charge in [-0.1, -0.05) is 12.1 Å². The molecule has 2 bridgehead atoms. The number of hydrogen-bond acceptors (Lipinski definition) is 2. The summed E-state index contributed by atoms with van der Waals surface area (Å²) in [7, 11) is 0. The van der Waals surface area contributed by atoms with Crippen LogP contribution in [-0.2, 0) is 17.4 Å². The quantitative estimate of drug-likeness (QED) is 0.910. The van der Waals surface area contributed by atoms with Crippen LogP contribution in [0, 0.1) is 0 Å². The van der Waals surface area contributed by atoms with Crippen molar-refractivity contribution in [2.45, 2.75) is 43.9 Å². The topological polar surface area (TPSA) is 32.3 Å². The molecule has 3 nitrogen and oxygen atoms in total. The molecular formula is C16H19F3N2O. The molecule has 2 aliphatic rings. The zero-order chi connectivity index (χ0) is 15.7. The summed E-state index contributed by atoms with van der Waals surface area (Å²) in [5.41, 5.74) is -0.0441. The van der Waals surface area contributed by atoms with Gasteiger partial charge in [0.1, 0.15) is 0 Å². The first kappa shape index (κ1) is 15.3. The maximum Gasteiger partial charge on any atom is 0.416 e. The van der Waals surface area contributed by atoms with E-state index < -0.39 is 11.7 Å². The Bertz CT molecular complexity index is 527. The van der Waals surface area contributed by atoms with Gasteiger partial charge in [0.25, 0.3) is 0 Å². The average molecular weight is 312 g/mol. The second-order valence-electron chi connectivity index (χ2n) is 6.05. The highest BCUT2D eigenvalue weighted by molar-refractivity contribution is 5.79. The molecule has 2 atom stereocenters. The van der Waals surface area contributed by atoms with Gasteiger partial charge in [-0.15, -0.1) is 0 Å². The third kappa shape index (κ3) is 3.11. The lowest BCUT2D eigenvalue weighted by molar-refractivity contribution is -0.137. The van der Waals surface area contributed by atoms with Crippen molar-refractivity contribution in [2.24, 2.45) is 0 Å². The standard InChI is InChI=1S/C16H19F3N2O/c17-16(18,19)12-3-1-11(2-4-12)9-15(22)21-13-5-6-14(21)10-20-8-7-13/h1-4,13-14,20H,5-10H2. The van der Waals surface area contributed by atoms with Gasteiger partial charge in [0.2, 0.25) is 5.91 Å². The Hall–Kier alpha value is -1.56. The summed E-state index contributed by atoms with van der Waals surface area (Å²) in [5.74, 6) is 0.0240. The van der Waals surface area contributed by atoms with Crippen molar-refractivity contribution in [3.8, 4) is 0 Å². The van der Waals surface area contributed by atoms with Crippen LogP contribution in [0.4, 0.5) is 13.2 Å². The number of carbonyl (C=O) groups is 1. The predicted molar refractivity (Wildman–Crippen MR) is 76.3 cm³/mol. The molecule has 0 aliphatic carbocycles. The van der Waals surface area contributed by atoms with Crippen molar-refractivity contribution in [1.29, 1.82) is 0 Å². The van der Waals surface area contributed by atoms with E-state index in [9.17, 15) is 18.0 Å². The van der Waals surface area contributed by atoms with Crippen molar-refractivity contribution >= 4 is 5.91 Å². The van der Waals surface area contributed by atoms with Crippen LogP contribution in [0.3, 0.4) is 0 Å². The third-order valence-electron chi connectivity index (χ3n) is 4.58. The fourth-order valence-corrected chi connectivity index (χ4v) is 3.47.